The minimum atomic E-state index is -0.885. The highest BCUT2D eigenvalue weighted by molar-refractivity contribution is 6.42. The average molecular weight is 266 g/mol. The molecule has 0 saturated carbocycles. The van der Waals surface area contributed by atoms with E-state index in [2.05, 4.69) is 5.10 Å². The zero-order chi connectivity index (χ0) is 12.5. The molecule has 0 aliphatic heterocycles. The van der Waals surface area contributed by atoms with Gasteiger partial charge in [-0.15, -0.1) is 4.68 Å². The van der Waals surface area contributed by atoms with Gasteiger partial charge in [0, 0.05) is 0 Å². The molecule has 0 amide bonds. The number of carbonyl (C=O) groups excluding carboxylic acids is 1. The molecule has 16 heavy (non-hydrogen) atoms. The lowest BCUT2D eigenvalue weighted by atomic mass is 10.4. The van der Waals surface area contributed by atoms with Crippen molar-refractivity contribution >= 4 is 34.8 Å². The number of nitro groups is 1. The molecule has 0 aliphatic carbocycles. The Bertz CT molecular complexity index is 525. The summed E-state index contributed by atoms with van der Waals surface area (Å²) in [5, 5.41) is 12.8. The number of carbonyl (C=O) groups is 1. The first kappa shape index (κ1) is 12.6. The van der Waals surface area contributed by atoms with Crippen molar-refractivity contribution < 1.29 is 9.72 Å². The molecule has 0 aliphatic rings. The molecule has 0 N–H and O–H groups in total. The first-order chi connectivity index (χ1) is 7.34. The van der Waals surface area contributed by atoms with Crippen LogP contribution in [0, 0.1) is 10.1 Å². The topological polar surface area (TPSA) is 95.1 Å². The van der Waals surface area contributed by atoms with E-state index in [9.17, 15) is 19.7 Å². The second kappa shape index (κ2) is 4.58. The number of ketones is 1. The van der Waals surface area contributed by atoms with Crippen LogP contribution in [0.1, 0.15) is 6.92 Å². The largest absolute Gasteiger partial charge is 0.408 e. The molecule has 86 valence electrons. The lowest BCUT2D eigenvalue weighted by molar-refractivity contribution is -0.390. The molecule has 0 aromatic carbocycles. The van der Waals surface area contributed by atoms with Crippen molar-refractivity contribution in [3.8, 4) is 0 Å². The Morgan fingerprint density at radius 3 is 2.50 bits per heavy atom. The van der Waals surface area contributed by atoms with Crippen LogP contribution < -0.4 is 5.56 Å². The van der Waals surface area contributed by atoms with Gasteiger partial charge in [-0.05, 0) is 11.8 Å². The lowest BCUT2D eigenvalue weighted by Crippen LogP contribution is -2.27. The van der Waals surface area contributed by atoms with E-state index < -0.39 is 32.9 Å². The van der Waals surface area contributed by atoms with Crippen molar-refractivity contribution in [1.82, 2.24) is 9.78 Å². The first-order valence-corrected chi connectivity index (χ1v) is 4.70. The summed E-state index contributed by atoms with van der Waals surface area (Å²) < 4.78 is 0.606. The Balaban J connectivity index is 3.47. The summed E-state index contributed by atoms with van der Waals surface area (Å²) in [6.45, 7) is 0.818. The minimum Gasteiger partial charge on any atom is -0.358 e. The molecular formula is C7H5Cl2N3O4. The van der Waals surface area contributed by atoms with Crippen LogP contribution in [0.4, 0.5) is 5.82 Å². The molecule has 1 heterocycles. The molecular weight excluding hydrogens is 261 g/mol. The van der Waals surface area contributed by atoms with Crippen molar-refractivity contribution in [1.29, 1.82) is 0 Å². The van der Waals surface area contributed by atoms with E-state index in [-0.39, 0.29) is 5.78 Å². The number of halogens is 2. The van der Waals surface area contributed by atoms with Crippen molar-refractivity contribution in [3.05, 3.63) is 30.5 Å². The Hall–Kier alpha value is -1.47. The highest BCUT2D eigenvalue weighted by atomic mass is 35.5. The van der Waals surface area contributed by atoms with Crippen LogP contribution in [0.15, 0.2) is 4.79 Å². The van der Waals surface area contributed by atoms with E-state index in [0.717, 1.165) is 0 Å². The van der Waals surface area contributed by atoms with Gasteiger partial charge in [0.2, 0.25) is 0 Å². The molecule has 0 bridgehead atoms. The SMILES string of the molecule is CC(=O)Cn1nc([N+](=O)[O-])c(Cl)c(Cl)c1=O. The maximum Gasteiger partial charge on any atom is 0.408 e. The maximum absolute atomic E-state index is 11.4. The van der Waals surface area contributed by atoms with Gasteiger partial charge in [0.25, 0.3) is 0 Å². The van der Waals surface area contributed by atoms with Crippen LogP contribution in [-0.2, 0) is 11.3 Å². The van der Waals surface area contributed by atoms with Gasteiger partial charge in [0.05, 0.1) is 5.10 Å². The van der Waals surface area contributed by atoms with Crippen LogP contribution in [0.25, 0.3) is 0 Å². The van der Waals surface area contributed by atoms with E-state index in [1.807, 2.05) is 0 Å². The molecule has 0 saturated heterocycles. The number of nitrogens with zero attached hydrogens (tertiary/aromatic N) is 3. The third kappa shape index (κ3) is 2.37. The molecule has 0 radical (unpaired) electrons. The van der Waals surface area contributed by atoms with Crippen molar-refractivity contribution in [3.63, 3.8) is 0 Å². The molecule has 1 aromatic rings. The summed E-state index contributed by atoms with van der Waals surface area (Å²) >= 11 is 11.0. The van der Waals surface area contributed by atoms with Crippen molar-refractivity contribution in [2.75, 3.05) is 0 Å². The Morgan fingerprint density at radius 2 is 2.06 bits per heavy atom. The normalized spacial score (nSPS) is 10.2. The van der Waals surface area contributed by atoms with Crippen LogP contribution in [0.2, 0.25) is 10.0 Å². The fourth-order valence-electron chi connectivity index (χ4n) is 0.944. The highest BCUT2D eigenvalue weighted by Gasteiger charge is 2.24. The van der Waals surface area contributed by atoms with Crippen molar-refractivity contribution in [2.24, 2.45) is 0 Å². The van der Waals surface area contributed by atoms with Gasteiger partial charge in [-0.1, -0.05) is 23.2 Å². The number of hydrogen-bond donors (Lipinski definition) is 0. The van der Waals surface area contributed by atoms with Gasteiger partial charge in [0.1, 0.15) is 11.6 Å². The second-order valence-corrected chi connectivity index (χ2v) is 3.63. The predicted octanol–water partition coefficient (Wildman–Crippen LogP) is 1.05. The number of rotatable bonds is 3. The molecule has 0 unspecified atom stereocenters. The van der Waals surface area contributed by atoms with Crippen LogP contribution in [0.3, 0.4) is 0 Å². The second-order valence-electron chi connectivity index (χ2n) is 2.87. The zero-order valence-electron chi connectivity index (χ0n) is 7.94. The maximum atomic E-state index is 11.4. The molecule has 0 atom stereocenters. The quantitative estimate of drug-likeness (QED) is 0.601. The molecule has 1 rings (SSSR count). The molecule has 0 spiro atoms. The first-order valence-electron chi connectivity index (χ1n) is 3.94. The summed E-state index contributed by atoms with van der Waals surface area (Å²) in [5.41, 5.74) is -0.840. The van der Waals surface area contributed by atoms with Gasteiger partial charge in [-0.25, -0.2) is 0 Å². The van der Waals surface area contributed by atoms with E-state index in [0.29, 0.717) is 4.68 Å². The van der Waals surface area contributed by atoms with E-state index in [1.54, 1.807) is 0 Å². The fraction of sp³-hybridized carbons (Fsp3) is 0.286. The van der Waals surface area contributed by atoms with E-state index >= 15 is 0 Å². The van der Waals surface area contributed by atoms with Gasteiger partial charge >= 0.3 is 11.4 Å². The minimum absolute atomic E-state index is 0.387. The van der Waals surface area contributed by atoms with Crippen LogP contribution in [-0.4, -0.2) is 20.5 Å². The number of aromatic nitrogens is 2. The predicted molar refractivity (Wildman–Crippen MR) is 55.9 cm³/mol. The molecule has 1 aromatic heterocycles. The standard InChI is InChI=1S/C7H5Cl2N3O4/c1-3(13)2-11-7(14)5(9)4(8)6(10-11)12(15)16/h2H2,1H3. The van der Waals surface area contributed by atoms with Crippen molar-refractivity contribution in [2.45, 2.75) is 13.5 Å². The Kier molecular flexibility index (Phi) is 3.61. The lowest BCUT2D eigenvalue weighted by Gasteiger charge is -2.00. The Labute approximate surface area is 98.7 Å². The summed E-state index contributed by atoms with van der Waals surface area (Å²) in [7, 11) is 0. The van der Waals surface area contributed by atoms with E-state index in [4.69, 9.17) is 23.2 Å². The Morgan fingerprint density at radius 1 is 1.50 bits per heavy atom. The smallest absolute Gasteiger partial charge is 0.358 e. The third-order valence-corrected chi connectivity index (χ3v) is 2.38. The highest BCUT2D eigenvalue weighted by Crippen LogP contribution is 2.25. The monoisotopic (exact) mass is 265 g/mol. The van der Waals surface area contributed by atoms with Crippen LogP contribution >= 0.6 is 23.2 Å². The number of hydrogen-bond acceptors (Lipinski definition) is 5. The van der Waals surface area contributed by atoms with Gasteiger partial charge in [-0.2, -0.15) is 0 Å². The third-order valence-electron chi connectivity index (χ3n) is 1.57. The molecule has 7 nitrogen and oxygen atoms in total. The molecule has 0 fully saturated rings. The number of Topliss-reactive ketones (excluding diaryl/α,β-unsaturated/α-hetero) is 1. The van der Waals surface area contributed by atoms with Gasteiger partial charge in [0.15, 0.2) is 10.8 Å². The van der Waals surface area contributed by atoms with Gasteiger partial charge < -0.3 is 10.1 Å². The van der Waals surface area contributed by atoms with E-state index in [1.165, 1.54) is 6.92 Å². The summed E-state index contributed by atoms with van der Waals surface area (Å²) in [5.74, 6) is -1.14. The van der Waals surface area contributed by atoms with Gasteiger partial charge in [-0.3, -0.25) is 9.59 Å². The zero-order valence-corrected chi connectivity index (χ0v) is 9.45. The molecule has 9 heteroatoms. The summed E-state index contributed by atoms with van der Waals surface area (Å²) in [4.78, 5) is 31.8. The van der Waals surface area contributed by atoms with Crippen LogP contribution in [0.5, 0.6) is 0 Å². The summed E-state index contributed by atoms with van der Waals surface area (Å²) in [6.07, 6.45) is 0. The average Bonchev–Trinajstić information content (AvgIpc) is 2.18. The summed E-state index contributed by atoms with van der Waals surface area (Å²) in [6, 6.07) is 0. The fourth-order valence-corrected chi connectivity index (χ4v) is 1.31.